The lowest BCUT2D eigenvalue weighted by Crippen LogP contribution is -2.32. The minimum atomic E-state index is 0.422. The Kier molecular flexibility index (Phi) is 3.59. The molecule has 15 heavy (non-hydrogen) atoms. The molecule has 0 spiro atoms. The molecule has 0 aromatic carbocycles. The first-order chi connectivity index (χ1) is 7.28. The normalized spacial score (nSPS) is 26.5. The molecule has 4 heteroatoms. The van der Waals surface area contributed by atoms with E-state index in [1.807, 2.05) is 0 Å². The van der Waals surface area contributed by atoms with Gasteiger partial charge in [0.1, 0.15) is 0 Å². The molecule has 0 bridgehead atoms. The van der Waals surface area contributed by atoms with E-state index in [1.165, 1.54) is 18.5 Å². The molecule has 1 aromatic heterocycles. The summed E-state index contributed by atoms with van der Waals surface area (Å²) in [7, 11) is 0. The average molecular weight is 225 g/mol. The van der Waals surface area contributed by atoms with Crippen LogP contribution in [0.2, 0.25) is 0 Å². The Balaban J connectivity index is 1.86. The zero-order valence-corrected chi connectivity index (χ0v) is 10.0. The number of nitrogens with two attached hydrogens (primary N) is 1. The Morgan fingerprint density at radius 1 is 1.47 bits per heavy atom. The van der Waals surface area contributed by atoms with Crippen molar-refractivity contribution in [3.63, 3.8) is 0 Å². The van der Waals surface area contributed by atoms with Gasteiger partial charge in [-0.1, -0.05) is 6.92 Å². The van der Waals surface area contributed by atoms with Crippen LogP contribution in [0.4, 0.5) is 5.13 Å². The molecular formula is C11H19N3S. The lowest BCUT2D eigenvalue weighted by Gasteiger charge is -2.26. The van der Waals surface area contributed by atoms with E-state index < -0.39 is 0 Å². The fourth-order valence-corrected chi connectivity index (χ4v) is 2.85. The first-order valence-corrected chi connectivity index (χ1v) is 6.62. The number of thiazole rings is 1. The second kappa shape index (κ2) is 4.94. The van der Waals surface area contributed by atoms with Crippen LogP contribution < -0.4 is 11.1 Å². The van der Waals surface area contributed by atoms with Crippen molar-refractivity contribution < 1.29 is 0 Å². The van der Waals surface area contributed by atoms with Crippen molar-refractivity contribution in [2.75, 3.05) is 5.32 Å². The van der Waals surface area contributed by atoms with Gasteiger partial charge < -0.3 is 11.1 Å². The van der Waals surface area contributed by atoms with E-state index in [1.54, 1.807) is 11.3 Å². The van der Waals surface area contributed by atoms with E-state index in [0.717, 1.165) is 24.4 Å². The van der Waals surface area contributed by atoms with Gasteiger partial charge in [-0.05, 0) is 32.1 Å². The molecule has 84 valence electrons. The fraction of sp³-hybridized carbons (Fsp3) is 0.727. The highest BCUT2D eigenvalue weighted by atomic mass is 32.1. The maximum Gasteiger partial charge on any atom is 0.183 e. The predicted molar refractivity (Wildman–Crippen MR) is 65.3 cm³/mol. The van der Waals surface area contributed by atoms with E-state index in [4.69, 9.17) is 5.73 Å². The summed E-state index contributed by atoms with van der Waals surface area (Å²) in [6.45, 7) is 2.14. The number of anilines is 1. The zero-order chi connectivity index (χ0) is 10.7. The molecular weight excluding hydrogens is 206 g/mol. The molecule has 1 saturated carbocycles. The molecule has 0 atom stereocenters. The summed E-state index contributed by atoms with van der Waals surface area (Å²) < 4.78 is 0. The van der Waals surface area contributed by atoms with Crippen LogP contribution in [0.3, 0.4) is 0 Å². The Bertz CT molecular complexity index is 303. The van der Waals surface area contributed by atoms with Gasteiger partial charge in [0.05, 0.1) is 5.69 Å². The van der Waals surface area contributed by atoms with Gasteiger partial charge in [0, 0.05) is 17.5 Å². The molecule has 0 aliphatic heterocycles. The van der Waals surface area contributed by atoms with Crippen LogP contribution in [0.1, 0.15) is 38.3 Å². The van der Waals surface area contributed by atoms with Gasteiger partial charge in [-0.3, -0.25) is 0 Å². The van der Waals surface area contributed by atoms with Crippen LogP contribution in [0.15, 0.2) is 5.38 Å². The van der Waals surface area contributed by atoms with Gasteiger partial charge in [0.25, 0.3) is 0 Å². The first-order valence-electron chi connectivity index (χ1n) is 5.74. The Labute approximate surface area is 95.1 Å². The van der Waals surface area contributed by atoms with Crippen LogP contribution in [-0.2, 0) is 6.42 Å². The maximum absolute atomic E-state index is 5.88. The summed E-state index contributed by atoms with van der Waals surface area (Å²) in [5.41, 5.74) is 7.07. The van der Waals surface area contributed by atoms with Crippen molar-refractivity contribution >= 4 is 16.5 Å². The second-order valence-electron chi connectivity index (χ2n) is 4.25. The monoisotopic (exact) mass is 225 g/mol. The Morgan fingerprint density at radius 2 is 2.20 bits per heavy atom. The molecule has 1 aliphatic rings. The molecule has 0 radical (unpaired) electrons. The van der Waals surface area contributed by atoms with Crippen molar-refractivity contribution in [2.45, 2.75) is 51.1 Å². The van der Waals surface area contributed by atoms with Crippen LogP contribution >= 0.6 is 11.3 Å². The van der Waals surface area contributed by atoms with Gasteiger partial charge in [-0.2, -0.15) is 0 Å². The van der Waals surface area contributed by atoms with Crippen molar-refractivity contribution in [3.05, 3.63) is 11.1 Å². The minimum Gasteiger partial charge on any atom is -0.359 e. The zero-order valence-electron chi connectivity index (χ0n) is 9.20. The van der Waals surface area contributed by atoms with Crippen molar-refractivity contribution in [2.24, 2.45) is 5.73 Å². The molecule has 1 heterocycles. The van der Waals surface area contributed by atoms with Gasteiger partial charge in [0.15, 0.2) is 5.13 Å². The molecule has 3 nitrogen and oxygen atoms in total. The number of hydrogen-bond donors (Lipinski definition) is 2. The van der Waals surface area contributed by atoms with Gasteiger partial charge in [-0.25, -0.2) is 4.98 Å². The maximum atomic E-state index is 5.88. The highest BCUT2D eigenvalue weighted by Crippen LogP contribution is 2.23. The fourth-order valence-electron chi connectivity index (χ4n) is 1.97. The summed E-state index contributed by atoms with van der Waals surface area (Å²) in [5, 5.41) is 6.72. The molecule has 1 aliphatic carbocycles. The van der Waals surface area contributed by atoms with Crippen LogP contribution in [0.25, 0.3) is 0 Å². The van der Waals surface area contributed by atoms with Gasteiger partial charge in [0.2, 0.25) is 0 Å². The van der Waals surface area contributed by atoms with E-state index in [2.05, 4.69) is 22.6 Å². The quantitative estimate of drug-likeness (QED) is 0.830. The largest absolute Gasteiger partial charge is 0.359 e. The predicted octanol–water partition coefficient (Wildman–Crippen LogP) is 2.39. The Hall–Kier alpha value is -0.610. The number of rotatable bonds is 3. The highest BCUT2D eigenvalue weighted by Gasteiger charge is 2.18. The smallest absolute Gasteiger partial charge is 0.183 e. The lowest BCUT2D eigenvalue weighted by atomic mass is 9.92. The number of aryl methyl sites for hydroxylation is 1. The number of hydrogen-bond acceptors (Lipinski definition) is 4. The molecule has 0 unspecified atom stereocenters. The number of aromatic nitrogens is 1. The standard InChI is InChI=1S/C11H19N3S/c1-2-9-7-15-11(13-9)14-10-5-3-8(12)4-6-10/h7-8,10H,2-6,12H2,1H3,(H,13,14). The van der Waals surface area contributed by atoms with E-state index in [0.29, 0.717) is 12.1 Å². The highest BCUT2D eigenvalue weighted by molar-refractivity contribution is 7.13. The van der Waals surface area contributed by atoms with E-state index >= 15 is 0 Å². The molecule has 1 fully saturated rings. The topological polar surface area (TPSA) is 50.9 Å². The lowest BCUT2D eigenvalue weighted by molar-refractivity contribution is 0.411. The summed E-state index contributed by atoms with van der Waals surface area (Å²) in [5.74, 6) is 0. The second-order valence-corrected chi connectivity index (χ2v) is 5.11. The molecule has 0 amide bonds. The van der Waals surface area contributed by atoms with E-state index in [9.17, 15) is 0 Å². The third kappa shape index (κ3) is 2.92. The van der Waals surface area contributed by atoms with Crippen LogP contribution in [-0.4, -0.2) is 17.1 Å². The van der Waals surface area contributed by atoms with Crippen molar-refractivity contribution in [3.8, 4) is 0 Å². The third-order valence-corrected chi connectivity index (χ3v) is 3.84. The molecule has 2 rings (SSSR count). The van der Waals surface area contributed by atoms with Gasteiger partial charge in [-0.15, -0.1) is 11.3 Å². The molecule has 1 aromatic rings. The minimum absolute atomic E-state index is 0.422. The molecule has 3 N–H and O–H groups in total. The van der Waals surface area contributed by atoms with Gasteiger partial charge >= 0.3 is 0 Å². The third-order valence-electron chi connectivity index (χ3n) is 3.01. The average Bonchev–Trinajstić information content (AvgIpc) is 2.69. The summed E-state index contributed by atoms with van der Waals surface area (Å²) in [6, 6.07) is 1.01. The number of nitrogens with zero attached hydrogens (tertiary/aromatic N) is 1. The molecule has 0 saturated heterocycles. The van der Waals surface area contributed by atoms with Crippen molar-refractivity contribution in [1.29, 1.82) is 0 Å². The van der Waals surface area contributed by atoms with Crippen LogP contribution in [0, 0.1) is 0 Å². The summed E-state index contributed by atoms with van der Waals surface area (Å²) in [4.78, 5) is 4.52. The van der Waals surface area contributed by atoms with E-state index in [-0.39, 0.29) is 0 Å². The van der Waals surface area contributed by atoms with Crippen molar-refractivity contribution in [1.82, 2.24) is 4.98 Å². The number of nitrogens with one attached hydrogen (secondary N) is 1. The SMILES string of the molecule is CCc1csc(NC2CCC(N)CC2)n1. The van der Waals surface area contributed by atoms with Crippen LogP contribution in [0.5, 0.6) is 0 Å². The first kappa shape index (κ1) is 10.9. The summed E-state index contributed by atoms with van der Waals surface area (Å²) >= 11 is 1.72. The summed E-state index contributed by atoms with van der Waals surface area (Å²) in [6.07, 6.45) is 5.67. The Morgan fingerprint density at radius 3 is 2.80 bits per heavy atom.